The van der Waals surface area contributed by atoms with E-state index in [4.69, 9.17) is 0 Å². The number of anilines is 1. The summed E-state index contributed by atoms with van der Waals surface area (Å²) in [6.07, 6.45) is 0.870. The lowest BCUT2D eigenvalue weighted by Crippen LogP contribution is -2.37. The molecule has 5 nitrogen and oxygen atoms in total. The maximum absolute atomic E-state index is 12.6. The van der Waals surface area contributed by atoms with Gasteiger partial charge < -0.3 is 15.5 Å². The fraction of sp³-hybridized carbons (Fsp3) is 0.529. The van der Waals surface area contributed by atoms with Crippen LogP contribution in [0.2, 0.25) is 0 Å². The molecule has 0 aromatic heterocycles. The Kier molecular flexibility index (Phi) is 5.23. The van der Waals surface area contributed by atoms with Crippen LogP contribution in [0.4, 0.5) is 5.69 Å². The van der Waals surface area contributed by atoms with Gasteiger partial charge >= 0.3 is 0 Å². The quantitative estimate of drug-likeness (QED) is 0.884. The molecule has 0 aliphatic carbocycles. The van der Waals surface area contributed by atoms with Gasteiger partial charge in [-0.2, -0.15) is 11.8 Å². The van der Waals surface area contributed by atoms with E-state index in [9.17, 15) is 9.59 Å². The first-order chi connectivity index (χ1) is 11.1. The lowest BCUT2D eigenvalue weighted by molar-refractivity contribution is -0.119. The highest BCUT2D eigenvalue weighted by atomic mass is 32.2. The van der Waals surface area contributed by atoms with Crippen LogP contribution in [0.25, 0.3) is 0 Å². The first kappa shape index (κ1) is 16.3. The highest BCUT2D eigenvalue weighted by molar-refractivity contribution is 7.99. The Morgan fingerprint density at radius 1 is 1.30 bits per heavy atom. The van der Waals surface area contributed by atoms with Crippen molar-refractivity contribution in [3.8, 4) is 0 Å². The van der Waals surface area contributed by atoms with Crippen molar-refractivity contribution in [2.24, 2.45) is 5.92 Å². The van der Waals surface area contributed by atoms with Gasteiger partial charge in [-0.05, 0) is 37.6 Å². The first-order valence-corrected chi connectivity index (χ1v) is 9.30. The first-order valence-electron chi connectivity index (χ1n) is 8.14. The SMILES string of the molecule is Cc1ccc(C(=O)N2CCSCC2)cc1NC(=O)C1CCNC1. The second kappa shape index (κ2) is 7.36. The van der Waals surface area contributed by atoms with Crippen molar-refractivity contribution < 1.29 is 9.59 Å². The summed E-state index contributed by atoms with van der Waals surface area (Å²) in [5, 5.41) is 6.20. The molecule has 1 aromatic carbocycles. The van der Waals surface area contributed by atoms with Crippen molar-refractivity contribution in [1.29, 1.82) is 0 Å². The van der Waals surface area contributed by atoms with Crippen molar-refractivity contribution in [3.63, 3.8) is 0 Å². The van der Waals surface area contributed by atoms with Gasteiger partial charge in [0.1, 0.15) is 0 Å². The molecule has 0 spiro atoms. The van der Waals surface area contributed by atoms with Crippen LogP contribution in [0.3, 0.4) is 0 Å². The van der Waals surface area contributed by atoms with E-state index < -0.39 is 0 Å². The Labute approximate surface area is 141 Å². The molecule has 0 radical (unpaired) electrons. The van der Waals surface area contributed by atoms with Gasteiger partial charge in [-0.15, -0.1) is 0 Å². The fourth-order valence-electron chi connectivity index (χ4n) is 2.95. The van der Waals surface area contributed by atoms with Gasteiger partial charge in [0.2, 0.25) is 5.91 Å². The smallest absolute Gasteiger partial charge is 0.253 e. The van der Waals surface area contributed by atoms with Gasteiger partial charge in [-0.1, -0.05) is 6.07 Å². The van der Waals surface area contributed by atoms with E-state index in [1.165, 1.54) is 0 Å². The number of nitrogens with zero attached hydrogens (tertiary/aromatic N) is 1. The lowest BCUT2D eigenvalue weighted by atomic mass is 10.1. The topological polar surface area (TPSA) is 61.4 Å². The Morgan fingerprint density at radius 2 is 2.09 bits per heavy atom. The van der Waals surface area contributed by atoms with Crippen LogP contribution in [0.5, 0.6) is 0 Å². The molecule has 1 unspecified atom stereocenters. The third kappa shape index (κ3) is 3.87. The van der Waals surface area contributed by atoms with E-state index in [1.807, 2.05) is 41.8 Å². The summed E-state index contributed by atoms with van der Waals surface area (Å²) in [7, 11) is 0. The van der Waals surface area contributed by atoms with Crippen molar-refractivity contribution in [3.05, 3.63) is 29.3 Å². The zero-order chi connectivity index (χ0) is 16.2. The van der Waals surface area contributed by atoms with E-state index in [0.717, 1.165) is 55.4 Å². The van der Waals surface area contributed by atoms with Crippen molar-refractivity contribution >= 4 is 29.3 Å². The highest BCUT2D eigenvalue weighted by Crippen LogP contribution is 2.21. The average Bonchev–Trinajstić information content (AvgIpc) is 3.11. The highest BCUT2D eigenvalue weighted by Gasteiger charge is 2.23. The molecular weight excluding hydrogens is 310 g/mol. The summed E-state index contributed by atoms with van der Waals surface area (Å²) in [5.41, 5.74) is 2.39. The van der Waals surface area contributed by atoms with Gasteiger partial charge in [0.15, 0.2) is 0 Å². The molecule has 0 saturated carbocycles. The van der Waals surface area contributed by atoms with Crippen molar-refractivity contribution in [1.82, 2.24) is 10.2 Å². The zero-order valence-corrected chi connectivity index (χ0v) is 14.2. The maximum atomic E-state index is 12.6. The molecule has 6 heteroatoms. The van der Waals surface area contributed by atoms with Gasteiger partial charge in [0.05, 0.1) is 5.92 Å². The number of rotatable bonds is 3. The minimum absolute atomic E-state index is 0.0212. The summed E-state index contributed by atoms with van der Waals surface area (Å²) in [4.78, 5) is 26.8. The van der Waals surface area contributed by atoms with Crippen LogP contribution in [-0.4, -0.2) is 54.4 Å². The predicted octanol–water partition coefficient (Wildman–Crippen LogP) is 1.73. The number of amides is 2. The Bertz CT molecular complexity index is 594. The molecule has 1 aromatic rings. The minimum atomic E-state index is 0.0212. The third-order valence-corrected chi connectivity index (χ3v) is 5.41. The monoisotopic (exact) mass is 333 g/mol. The summed E-state index contributed by atoms with van der Waals surface area (Å²) < 4.78 is 0. The average molecular weight is 333 g/mol. The number of thioether (sulfide) groups is 1. The molecule has 2 fully saturated rings. The molecule has 124 valence electrons. The number of carbonyl (C=O) groups excluding carboxylic acids is 2. The van der Waals surface area contributed by atoms with Crippen LogP contribution >= 0.6 is 11.8 Å². The molecule has 2 heterocycles. The normalized spacial score (nSPS) is 21.3. The van der Waals surface area contributed by atoms with Gasteiger partial charge in [-0.25, -0.2) is 0 Å². The molecule has 3 rings (SSSR count). The molecule has 1 atom stereocenters. The number of aryl methyl sites for hydroxylation is 1. The van der Waals surface area contributed by atoms with E-state index >= 15 is 0 Å². The molecule has 2 aliphatic rings. The number of carbonyl (C=O) groups is 2. The van der Waals surface area contributed by atoms with E-state index in [-0.39, 0.29) is 17.7 Å². The summed E-state index contributed by atoms with van der Waals surface area (Å²) >= 11 is 1.88. The molecule has 0 bridgehead atoms. The molecule has 23 heavy (non-hydrogen) atoms. The maximum Gasteiger partial charge on any atom is 0.253 e. The Hall–Kier alpha value is -1.53. The molecule has 2 amide bonds. The van der Waals surface area contributed by atoms with Crippen molar-refractivity contribution in [2.75, 3.05) is 43.0 Å². The van der Waals surface area contributed by atoms with Crippen LogP contribution in [0.1, 0.15) is 22.3 Å². The Morgan fingerprint density at radius 3 is 2.78 bits per heavy atom. The molecule has 2 aliphatic heterocycles. The number of hydrogen-bond acceptors (Lipinski definition) is 4. The van der Waals surface area contributed by atoms with Gasteiger partial charge in [0.25, 0.3) is 5.91 Å². The van der Waals surface area contributed by atoms with Crippen LogP contribution in [0, 0.1) is 12.8 Å². The van der Waals surface area contributed by atoms with Gasteiger partial charge in [0, 0.05) is 42.4 Å². The largest absolute Gasteiger partial charge is 0.337 e. The summed E-state index contributed by atoms with van der Waals surface area (Å²) in [6.45, 7) is 5.17. The zero-order valence-electron chi connectivity index (χ0n) is 13.4. The second-order valence-corrected chi connectivity index (χ2v) is 7.34. The number of nitrogens with one attached hydrogen (secondary N) is 2. The van der Waals surface area contributed by atoms with Crippen LogP contribution in [0.15, 0.2) is 18.2 Å². The number of benzene rings is 1. The second-order valence-electron chi connectivity index (χ2n) is 6.11. The minimum Gasteiger partial charge on any atom is -0.337 e. The lowest BCUT2D eigenvalue weighted by Gasteiger charge is -2.26. The third-order valence-electron chi connectivity index (χ3n) is 4.47. The van der Waals surface area contributed by atoms with Crippen molar-refractivity contribution in [2.45, 2.75) is 13.3 Å². The standard InChI is InChI=1S/C17H23N3O2S/c1-12-2-3-13(17(22)20-6-8-23-9-7-20)10-15(12)19-16(21)14-4-5-18-11-14/h2-3,10,14,18H,4-9,11H2,1H3,(H,19,21). The summed E-state index contributed by atoms with van der Waals surface area (Å²) in [5.74, 6) is 2.11. The predicted molar refractivity (Wildman–Crippen MR) is 94.0 cm³/mol. The van der Waals surface area contributed by atoms with Crippen LogP contribution < -0.4 is 10.6 Å². The van der Waals surface area contributed by atoms with E-state index in [0.29, 0.717) is 5.56 Å². The fourth-order valence-corrected chi connectivity index (χ4v) is 3.86. The molecule has 2 N–H and O–H groups in total. The van der Waals surface area contributed by atoms with E-state index in [2.05, 4.69) is 10.6 Å². The van der Waals surface area contributed by atoms with E-state index in [1.54, 1.807) is 0 Å². The van der Waals surface area contributed by atoms with Crippen LogP contribution in [-0.2, 0) is 4.79 Å². The Balaban J connectivity index is 1.73. The molecular formula is C17H23N3O2S. The number of hydrogen-bond donors (Lipinski definition) is 2. The molecule has 2 saturated heterocycles. The summed E-state index contributed by atoms with van der Waals surface area (Å²) in [6, 6.07) is 5.58. The van der Waals surface area contributed by atoms with Gasteiger partial charge in [-0.3, -0.25) is 9.59 Å².